The van der Waals surface area contributed by atoms with Crippen LogP contribution in [0.2, 0.25) is 0 Å². The van der Waals surface area contributed by atoms with Crippen LogP contribution in [0.3, 0.4) is 0 Å². The third-order valence-corrected chi connectivity index (χ3v) is 4.57. The van der Waals surface area contributed by atoms with Crippen molar-refractivity contribution >= 4 is 23.0 Å². The van der Waals surface area contributed by atoms with E-state index in [1.165, 1.54) is 30.4 Å². The second-order valence-corrected chi connectivity index (χ2v) is 7.94. The average molecular weight is 305 g/mol. The van der Waals surface area contributed by atoms with Crippen molar-refractivity contribution in [3.8, 4) is 0 Å². The van der Waals surface area contributed by atoms with E-state index in [2.05, 4.69) is 63.5 Å². The van der Waals surface area contributed by atoms with Crippen LogP contribution in [0.5, 0.6) is 0 Å². The number of aryl methyl sites for hydroxylation is 2. The molecule has 2 unspecified atom stereocenters. The first-order chi connectivity index (χ1) is 9.75. The third-order valence-electron chi connectivity index (χ3n) is 4.35. The van der Waals surface area contributed by atoms with E-state index in [1.807, 2.05) is 0 Å². The van der Waals surface area contributed by atoms with Crippen LogP contribution < -0.4 is 10.6 Å². The van der Waals surface area contributed by atoms with Gasteiger partial charge >= 0.3 is 0 Å². The van der Waals surface area contributed by atoms with Gasteiger partial charge in [0.1, 0.15) is 0 Å². The Labute approximate surface area is 134 Å². The quantitative estimate of drug-likeness (QED) is 0.767. The molecule has 2 N–H and O–H groups in total. The fourth-order valence-corrected chi connectivity index (χ4v) is 4.03. The van der Waals surface area contributed by atoms with Crippen molar-refractivity contribution < 1.29 is 0 Å². The van der Waals surface area contributed by atoms with Gasteiger partial charge in [0.05, 0.1) is 0 Å². The number of benzene rings is 1. The first-order valence-corrected chi connectivity index (χ1v) is 8.31. The van der Waals surface area contributed by atoms with Gasteiger partial charge in [0.25, 0.3) is 0 Å². The Hall–Kier alpha value is -1.09. The van der Waals surface area contributed by atoms with Crippen molar-refractivity contribution in [3.63, 3.8) is 0 Å². The zero-order valence-electron chi connectivity index (χ0n) is 13.9. The lowest BCUT2D eigenvalue weighted by Gasteiger charge is -2.39. The Kier molecular flexibility index (Phi) is 4.92. The molecule has 3 heteroatoms. The molecule has 0 aliphatic heterocycles. The third kappa shape index (κ3) is 4.70. The van der Waals surface area contributed by atoms with Crippen LogP contribution in [-0.4, -0.2) is 11.2 Å². The van der Waals surface area contributed by atoms with Crippen LogP contribution in [0.4, 0.5) is 5.69 Å². The molecule has 0 heterocycles. The molecule has 0 radical (unpaired) electrons. The van der Waals surface area contributed by atoms with Gasteiger partial charge in [-0.05, 0) is 68.3 Å². The molecule has 21 heavy (non-hydrogen) atoms. The molecule has 2 atom stereocenters. The largest absolute Gasteiger partial charge is 0.360 e. The monoisotopic (exact) mass is 304 g/mol. The van der Waals surface area contributed by atoms with Gasteiger partial charge in [-0.3, -0.25) is 0 Å². The molecule has 1 aromatic carbocycles. The lowest BCUT2D eigenvalue weighted by molar-refractivity contribution is 0.162. The maximum atomic E-state index is 5.50. The van der Waals surface area contributed by atoms with Gasteiger partial charge in [-0.2, -0.15) is 0 Å². The Morgan fingerprint density at radius 3 is 2.57 bits per heavy atom. The summed E-state index contributed by atoms with van der Waals surface area (Å²) in [7, 11) is 0. The van der Waals surface area contributed by atoms with Gasteiger partial charge in [-0.1, -0.05) is 38.5 Å². The molecular formula is C18H28N2S. The number of nitrogens with one attached hydrogen (secondary N) is 2. The highest BCUT2D eigenvalue weighted by atomic mass is 32.1. The zero-order valence-corrected chi connectivity index (χ0v) is 14.7. The lowest BCUT2D eigenvalue weighted by atomic mass is 9.71. The predicted octanol–water partition coefficient (Wildman–Crippen LogP) is 4.80. The Morgan fingerprint density at radius 2 is 1.95 bits per heavy atom. The zero-order chi connectivity index (χ0) is 15.6. The number of hydrogen-bond donors (Lipinski definition) is 2. The number of hydrogen-bond acceptors (Lipinski definition) is 1. The van der Waals surface area contributed by atoms with Crippen molar-refractivity contribution in [2.24, 2.45) is 11.3 Å². The van der Waals surface area contributed by atoms with Gasteiger partial charge < -0.3 is 10.6 Å². The summed E-state index contributed by atoms with van der Waals surface area (Å²) in [5.74, 6) is 0.759. The first kappa shape index (κ1) is 16.3. The molecule has 1 aliphatic carbocycles. The van der Waals surface area contributed by atoms with Crippen LogP contribution in [0.25, 0.3) is 0 Å². The van der Waals surface area contributed by atoms with Crippen molar-refractivity contribution in [3.05, 3.63) is 29.3 Å². The summed E-state index contributed by atoms with van der Waals surface area (Å²) in [5.41, 5.74) is 4.02. The van der Waals surface area contributed by atoms with E-state index in [-0.39, 0.29) is 0 Å². The smallest absolute Gasteiger partial charge is 0.171 e. The molecule has 2 nitrogen and oxygen atoms in total. The summed E-state index contributed by atoms with van der Waals surface area (Å²) < 4.78 is 0. The minimum absolute atomic E-state index is 0.407. The maximum absolute atomic E-state index is 5.50. The average Bonchev–Trinajstić information content (AvgIpc) is 2.29. The highest BCUT2D eigenvalue weighted by molar-refractivity contribution is 7.80. The molecule has 1 aliphatic rings. The summed E-state index contributed by atoms with van der Waals surface area (Å²) in [6, 6.07) is 6.88. The van der Waals surface area contributed by atoms with Gasteiger partial charge in [0.15, 0.2) is 5.11 Å². The summed E-state index contributed by atoms with van der Waals surface area (Å²) in [4.78, 5) is 0. The molecule has 0 spiro atoms. The molecule has 0 saturated heterocycles. The van der Waals surface area contributed by atoms with E-state index >= 15 is 0 Å². The molecule has 1 fully saturated rings. The van der Waals surface area contributed by atoms with Crippen LogP contribution >= 0.6 is 12.2 Å². The maximum Gasteiger partial charge on any atom is 0.171 e. The molecule has 2 rings (SSSR count). The van der Waals surface area contributed by atoms with E-state index < -0.39 is 0 Å². The van der Waals surface area contributed by atoms with Gasteiger partial charge in [0.2, 0.25) is 0 Å². The van der Waals surface area contributed by atoms with Gasteiger partial charge in [-0.15, -0.1) is 0 Å². The Balaban J connectivity index is 1.95. The second-order valence-electron chi connectivity index (χ2n) is 7.53. The summed E-state index contributed by atoms with van der Waals surface area (Å²) in [5, 5.41) is 7.61. The fraction of sp³-hybridized carbons (Fsp3) is 0.611. The lowest BCUT2D eigenvalue weighted by Crippen LogP contribution is -2.44. The van der Waals surface area contributed by atoms with Crippen LogP contribution in [0, 0.1) is 25.2 Å². The molecular weight excluding hydrogens is 276 g/mol. The highest BCUT2D eigenvalue weighted by Crippen LogP contribution is 2.38. The number of anilines is 1. The van der Waals surface area contributed by atoms with E-state index in [0.717, 1.165) is 16.7 Å². The highest BCUT2D eigenvalue weighted by Gasteiger charge is 2.32. The Morgan fingerprint density at radius 1 is 1.24 bits per heavy atom. The van der Waals surface area contributed by atoms with Crippen LogP contribution in [0.15, 0.2) is 18.2 Å². The van der Waals surface area contributed by atoms with Crippen LogP contribution in [0.1, 0.15) is 51.2 Å². The molecule has 0 amide bonds. The van der Waals surface area contributed by atoms with Gasteiger partial charge in [0, 0.05) is 11.7 Å². The van der Waals surface area contributed by atoms with Gasteiger partial charge in [-0.25, -0.2) is 0 Å². The van der Waals surface area contributed by atoms with E-state index in [0.29, 0.717) is 11.5 Å². The topological polar surface area (TPSA) is 24.1 Å². The molecule has 1 saturated carbocycles. The van der Waals surface area contributed by atoms with Crippen molar-refractivity contribution in [1.29, 1.82) is 0 Å². The molecule has 1 aromatic rings. The normalized spacial score (nSPS) is 24.4. The minimum atomic E-state index is 0.407. The standard InChI is InChI=1S/C18H28N2S/c1-12-6-7-16(14(3)8-12)20-17(21)19-15-9-13(2)10-18(4,5)11-15/h6-8,13,15H,9-11H2,1-5H3,(H2,19,20,21). The van der Waals surface area contributed by atoms with Crippen molar-refractivity contribution in [1.82, 2.24) is 5.32 Å². The Bertz CT molecular complexity index is 522. The van der Waals surface area contributed by atoms with E-state index in [9.17, 15) is 0 Å². The minimum Gasteiger partial charge on any atom is -0.360 e. The molecule has 0 aromatic heterocycles. The summed E-state index contributed by atoms with van der Waals surface area (Å²) in [6.07, 6.45) is 3.70. The SMILES string of the molecule is Cc1ccc(NC(=S)NC2CC(C)CC(C)(C)C2)c(C)c1. The molecule has 116 valence electrons. The fourth-order valence-electron chi connectivity index (χ4n) is 3.75. The predicted molar refractivity (Wildman–Crippen MR) is 95.9 cm³/mol. The van der Waals surface area contributed by atoms with E-state index in [1.54, 1.807) is 0 Å². The second kappa shape index (κ2) is 6.35. The summed E-state index contributed by atoms with van der Waals surface area (Å²) in [6.45, 7) is 11.3. The summed E-state index contributed by atoms with van der Waals surface area (Å²) >= 11 is 5.50. The van der Waals surface area contributed by atoms with Crippen molar-refractivity contribution in [2.45, 2.75) is 59.9 Å². The number of rotatable bonds is 2. The van der Waals surface area contributed by atoms with E-state index in [4.69, 9.17) is 12.2 Å². The number of thiocarbonyl (C=S) groups is 1. The first-order valence-electron chi connectivity index (χ1n) is 7.90. The van der Waals surface area contributed by atoms with Crippen LogP contribution in [-0.2, 0) is 0 Å². The molecule has 0 bridgehead atoms. The van der Waals surface area contributed by atoms with Crippen molar-refractivity contribution in [2.75, 3.05) is 5.32 Å².